The number of benzene rings is 3. The Morgan fingerprint density at radius 2 is 0.806 bits per heavy atom. The van der Waals surface area contributed by atoms with Crippen molar-refractivity contribution in [3.8, 4) is 56.7 Å². The van der Waals surface area contributed by atoms with Crippen LogP contribution in [0.15, 0.2) is 128 Å². The minimum atomic E-state index is 0.515. The van der Waals surface area contributed by atoms with Crippen molar-refractivity contribution in [1.82, 2.24) is 24.9 Å². The van der Waals surface area contributed by atoms with Crippen molar-refractivity contribution in [1.29, 1.82) is 0 Å². The van der Waals surface area contributed by atoms with Gasteiger partial charge in [0, 0.05) is 18.0 Å². The van der Waals surface area contributed by atoms with E-state index in [-0.39, 0.29) is 0 Å². The summed E-state index contributed by atoms with van der Waals surface area (Å²) >= 11 is 0. The van der Waals surface area contributed by atoms with Crippen LogP contribution >= 0.6 is 0 Å². The van der Waals surface area contributed by atoms with Gasteiger partial charge in [-0.15, -0.1) is 0 Å². The Morgan fingerprint density at radius 1 is 0.333 bits per heavy atom. The molecule has 3 heterocycles. The van der Waals surface area contributed by atoms with Crippen molar-refractivity contribution in [3.63, 3.8) is 0 Å². The van der Waals surface area contributed by atoms with Gasteiger partial charge in [0.05, 0.1) is 0 Å². The monoisotopic (exact) mass is 463 g/mol. The Kier molecular flexibility index (Phi) is 5.78. The van der Waals surface area contributed by atoms with Crippen LogP contribution in [0.4, 0.5) is 0 Å². The number of hydrogen-bond acceptors (Lipinski definition) is 5. The Bertz CT molecular complexity index is 1540. The van der Waals surface area contributed by atoms with Crippen molar-refractivity contribution in [2.75, 3.05) is 0 Å². The third-order valence-corrected chi connectivity index (χ3v) is 5.87. The summed E-state index contributed by atoms with van der Waals surface area (Å²) in [6, 6.07) is 38.6. The van der Waals surface area contributed by atoms with Gasteiger partial charge in [-0.25, -0.2) is 15.0 Å². The van der Waals surface area contributed by atoms with Gasteiger partial charge in [-0.3, -0.25) is 9.97 Å². The fraction of sp³-hybridized carbons (Fsp3) is 0. The zero-order chi connectivity index (χ0) is 24.2. The number of pyridine rings is 2. The highest BCUT2D eigenvalue weighted by Gasteiger charge is 2.13. The Morgan fingerprint density at radius 3 is 1.36 bits per heavy atom. The molecule has 6 aromatic rings. The first-order valence-corrected chi connectivity index (χ1v) is 11.7. The predicted molar refractivity (Wildman–Crippen MR) is 143 cm³/mol. The van der Waals surface area contributed by atoms with E-state index in [9.17, 15) is 0 Å². The molecule has 3 aromatic carbocycles. The summed E-state index contributed by atoms with van der Waals surface area (Å²) in [5.41, 5.74) is 6.94. The van der Waals surface area contributed by atoms with Gasteiger partial charge in [0.25, 0.3) is 0 Å². The number of hydrogen-bond donors (Lipinski definition) is 0. The fourth-order valence-electron chi connectivity index (χ4n) is 4.04. The standard InChI is InChI=1S/C31H21N5/c1-2-9-22(10-3-1)25-11-8-12-26(21-25)23-15-17-24(18-16-23)29-34-30(27-13-4-6-19-32-27)36-31(35-29)28-14-5-7-20-33-28/h1-21H. The summed E-state index contributed by atoms with van der Waals surface area (Å²) in [6.07, 6.45) is 3.47. The number of nitrogens with zero attached hydrogens (tertiary/aromatic N) is 5. The molecule has 36 heavy (non-hydrogen) atoms. The first-order chi connectivity index (χ1) is 17.8. The molecule has 0 aliphatic heterocycles. The molecule has 0 aliphatic rings. The maximum atomic E-state index is 4.74. The van der Waals surface area contributed by atoms with Crippen LogP contribution in [0, 0.1) is 0 Å². The molecule has 0 atom stereocenters. The van der Waals surface area contributed by atoms with Crippen LogP contribution in [-0.2, 0) is 0 Å². The second-order valence-electron chi connectivity index (χ2n) is 8.26. The van der Waals surface area contributed by atoms with Crippen LogP contribution in [0.2, 0.25) is 0 Å². The van der Waals surface area contributed by atoms with E-state index in [0.717, 1.165) is 16.7 Å². The Labute approximate surface area is 209 Å². The van der Waals surface area contributed by atoms with Gasteiger partial charge in [0.2, 0.25) is 0 Å². The molecule has 3 aromatic heterocycles. The van der Waals surface area contributed by atoms with Crippen molar-refractivity contribution in [2.24, 2.45) is 0 Å². The highest BCUT2D eigenvalue weighted by molar-refractivity contribution is 5.74. The van der Waals surface area contributed by atoms with Crippen LogP contribution in [0.25, 0.3) is 56.7 Å². The van der Waals surface area contributed by atoms with Crippen molar-refractivity contribution < 1.29 is 0 Å². The van der Waals surface area contributed by atoms with E-state index in [1.807, 2.05) is 54.6 Å². The SMILES string of the molecule is c1ccc(-c2cccc(-c3ccc(-c4nc(-c5ccccn5)nc(-c5ccccn5)n4)cc3)c2)cc1. The van der Waals surface area contributed by atoms with E-state index in [1.165, 1.54) is 11.1 Å². The molecule has 0 amide bonds. The molecule has 5 heteroatoms. The highest BCUT2D eigenvalue weighted by Crippen LogP contribution is 2.29. The maximum Gasteiger partial charge on any atom is 0.182 e. The molecule has 0 spiro atoms. The molecular weight excluding hydrogens is 442 g/mol. The largest absolute Gasteiger partial charge is 0.253 e. The van der Waals surface area contributed by atoms with Gasteiger partial charge >= 0.3 is 0 Å². The fourth-order valence-corrected chi connectivity index (χ4v) is 4.04. The highest BCUT2D eigenvalue weighted by atomic mass is 15.1. The van der Waals surface area contributed by atoms with E-state index in [2.05, 4.69) is 75.6 Å². The minimum Gasteiger partial charge on any atom is -0.253 e. The lowest BCUT2D eigenvalue weighted by Gasteiger charge is -2.09. The molecule has 0 bridgehead atoms. The zero-order valence-corrected chi connectivity index (χ0v) is 19.4. The third kappa shape index (κ3) is 4.50. The normalized spacial score (nSPS) is 10.8. The van der Waals surface area contributed by atoms with E-state index in [4.69, 9.17) is 9.97 Å². The molecule has 0 saturated heterocycles. The van der Waals surface area contributed by atoms with E-state index in [0.29, 0.717) is 28.9 Å². The topological polar surface area (TPSA) is 64.5 Å². The van der Waals surface area contributed by atoms with Gasteiger partial charge in [0.1, 0.15) is 11.4 Å². The molecule has 6 rings (SSSR count). The molecule has 5 nitrogen and oxygen atoms in total. The Balaban J connectivity index is 1.38. The average Bonchev–Trinajstić information content (AvgIpc) is 2.98. The van der Waals surface area contributed by atoms with Crippen LogP contribution in [0.1, 0.15) is 0 Å². The van der Waals surface area contributed by atoms with Crippen LogP contribution in [0.3, 0.4) is 0 Å². The van der Waals surface area contributed by atoms with Crippen LogP contribution in [-0.4, -0.2) is 24.9 Å². The predicted octanol–water partition coefficient (Wildman–Crippen LogP) is 7.00. The van der Waals surface area contributed by atoms with E-state index < -0.39 is 0 Å². The second-order valence-corrected chi connectivity index (χ2v) is 8.26. The minimum absolute atomic E-state index is 0.515. The van der Waals surface area contributed by atoms with Gasteiger partial charge in [0.15, 0.2) is 17.5 Å². The Hall–Kier alpha value is -5.03. The van der Waals surface area contributed by atoms with Crippen molar-refractivity contribution >= 4 is 0 Å². The lowest BCUT2D eigenvalue weighted by atomic mass is 9.98. The van der Waals surface area contributed by atoms with E-state index >= 15 is 0 Å². The molecule has 0 fully saturated rings. The summed E-state index contributed by atoms with van der Waals surface area (Å²) in [7, 11) is 0. The summed E-state index contributed by atoms with van der Waals surface area (Å²) < 4.78 is 0. The lowest BCUT2D eigenvalue weighted by molar-refractivity contribution is 1.05. The second kappa shape index (κ2) is 9.68. The van der Waals surface area contributed by atoms with Gasteiger partial charge in [-0.2, -0.15) is 0 Å². The average molecular weight is 464 g/mol. The van der Waals surface area contributed by atoms with Crippen molar-refractivity contribution in [2.45, 2.75) is 0 Å². The quantitative estimate of drug-likeness (QED) is 0.275. The van der Waals surface area contributed by atoms with Gasteiger partial charge in [-0.05, 0) is 52.6 Å². The summed E-state index contributed by atoms with van der Waals surface area (Å²) in [5, 5.41) is 0. The summed E-state index contributed by atoms with van der Waals surface area (Å²) in [6.45, 7) is 0. The summed E-state index contributed by atoms with van der Waals surface area (Å²) in [4.78, 5) is 23.0. The number of rotatable bonds is 5. The number of aromatic nitrogens is 5. The molecular formula is C31H21N5. The van der Waals surface area contributed by atoms with Crippen molar-refractivity contribution in [3.05, 3.63) is 128 Å². The smallest absolute Gasteiger partial charge is 0.182 e. The first kappa shape index (κ1) is 21.5. The lowest BCUT2D eigenvalue weighted by Crippen LogP contribution is -2.01. The molecule has 0 radical (unpaired) electrons. The first-order valence-electron chi connectivity index (χ1n) is 11.7. The molecule has 0 aliphatic carbocycles. The molecule has 0 unspecified atom stereocenters. The molecule has 0 N–H and O–H groups in total. The van der Waals surface area contributed by atoms with Gasteiger partial charge in [-0.1, -0.05) is 84.9 Å². The van der Waals surface area contributed by atoms with E-state index in [1.54, 1.807) is 12.4 Å². The third-order valence-electron chi connectivity index (χ3n) is 5.87. The maximum absolute atomic E-state index is 4.74. The van der Waals surface area contributed by atoms with Crippen LogP contribution in [0.5, 0.6) is 0 Å². The molecule has 0 saturated carbocycles. The molecule has 170 valence electrons. The zero-order valence-electron chi connectivity index (χ0n) is 19.4. The summed E-state index contributed by atoms with van der Waals surface area (Å²) in [5.74, 6) is 1.61. The van der Waals surface area contributed by atoms with Gasteiger partial charge < -0.3 is 0 Å². The van der Waals surface area contributed by atoms with Crippen LogP contribution < -0.4 is 0 Å².